The lowest BCUT2D eigenvalue weighted by atomic mass is 9.74. The lowest BCUT2D eigenvalue weighted by Gasteiger charge is -2.30. The van der Waals surface area contributed by atoms with Crippen LogP contribution in [-0.4, -0.2) is 20.0 Å². The fourth-order valence-corrected chi connectivity index (χ4v) is 3.55. The highest BCUT2D eigenvalue weighted by Gasteiger charge is 2.28. The lowest BCUT2D eigenvalue weighted by Crippen LogP contribution is -2.27. The van der Waals surface area contributed by atoms with E-state index in [0.717, 1.165) is 18.4 Å². The summed E-state index contributed by atoms with van der Waals surface area (Å²) in [6.45, 7) is 4.51. The Labute approximate surface area is 127 Å². The van der Waals surface area contributed by atoms with Gasteiger partial charge in [0.1, 0.15) is 5.78 Å². The van der Waals surface area contributed by atoms with Crippen LogP contribution < -0.4 is 9.47 Å². The molecule has 3 heteroatoms. The zero-order chi connectivity index (χ0) is 15.4. The van der Waals surface area contributed by atoms with Gasteiger partial charge >= 0.3 is 0 Å². The first kappa shape index (κ1) is 15.9. The van der Waals surface area contributed by atoms with Gasteiger partial charge in [-0.3, -0.25) is 4.79 Å². The van der Waals surface area contributed by atoms with Gasteiger partial charge in [0.2, 0.25) is 0 Å². The molecule has 1 aliphatic rings. The number of hydrogen-bond donors (Lipinski definition) is 0. The van der Waals surface area contributed by atoms with Gasteiger partial charge in [-0.25, -0.2) is 0 Å². The first-order chi connectivity index (χ1) is 10.0. The van der Waals surface area contributed by atoms with Crippen molar-refractivity contribution in [2.24, 2.45) is 17.8 Å². The number of ketones is 1. The van der Waals surface area contributed by atoms with E-state index in [4.69, 9.17) is 9.47 Å². The highest BCUT2D eigenvalue weighted by Crippen LogP contribution is 2.34. The summed E-state index contributed by atoms with van der Waals surface area (Å²) >= 11 is 0. The van der Waals surface area contributed by atoms with Gasteiger partial charge in [0.05, 0.1) is 14.2 Å². The largest absolute Gasteiger partial charge is 0.493 e. The standard InChI is InChI=1S/C18H26O3/c1-12-7-13(2)9-15(8-12)16(19)10-14-5-6-17(20-3)18(11-14)21-4/h5-6,11-13,15H,7-10H2,1-4H3. The maximum Gasteiger partial charge on any atom is 0.161 e. The van der Waals surface area contributed by atoms with Crippen LogP contribution in [0.1, 0.15) is 38.7 Å². The number of hydrogen-bond acceptors (Lipinski definition) is 3. The Morgan fingerprint density at radius 3 is 2.24 bits per heavy atom. The summed E-state index contributed by atoms with van der Waals surface area (Å²) in [6.07, 6.45) is 3.82. The molecular weight excluding hydrogens is 264 g/mol. The second kappa shape index (κ2) is 6.97. The molecule has 21 heavy (non-hydrogen) atoms. The van der Waals surface area contributed by atoms with Gasteiger partial charge in [0.25, 0.3) is 0 Å². The summed E-state index contributed by atoms with van der Waals surface area (Å²) < 4.78 is 10.5. The smallest absolute Gasteiger partial charge is 0.161 e. The van der Waals surface area contributed by atoms with Crippen LogP contribution in [0.3, 0.4) is 0 Å². The topological polar surface area (TPSA) is 35.5 Å². The van der Waals surface area contributed by atoms with Crippen molar-refractivity contribution in [2.45, 2.75) is 39.5 Å². The molecule has 2 atom stereocenters. The molecule has 0 amide bonds. The number of Topliss-reactive ketones (excluding diaryl/α,β-unsaturated/α-hetero) is 1. The van der Waals surface area contributed by atoms with Crippen LogP contribution in [0.25, 0.3) is 0 Å². The molecule has 116 valence electrons. The minimum absolute atomic E-state index is 0.219. The Bertz CT molecular complexity index is 485. The maximum absolute atomic E-state index is 12.5. The predicted molar refractivity (Wildman–Crippen MR) is 83.9 cm³/mol. The molecule has 0 saturated heterocycles. The van der Waals surface area contributed by atoms with Gasteiger partial charge in [0.15, 0.2) is 11.5 Å². The third-order valence-electron chi connectivity index (χ3n) is 4.46. The molecule has 0 radical (unpaired) electrons. The molecule has 3 nitrogen and oxygen atoms in total. The third-order valence-corrected chi connectivity index (χ3v) is 4.46. The van der Waals surface area contributed by atoms with E-state index in [-0.39, 0.29) is 5.92 Å². The van der Waals surface area contributed by atoms with Crippen LogP contribution in [0.2, 0.25) is 0 Å². The van der Waals surface area contributed by atoms with E-state index in [1.165, 1.54) is 6.42 Å². The van der Waals surface area contributed by atoms with E-state index >= 15 is 0 Å². The quantitative estimate of drug-likeness (QED) is 0.825. The molecule has 0 aliphatic heterocycles. The van der Waals surface area contributed by atoms with Crippen molar-refractivity contribution in [1.82, 2.24) is 0 Å². The fourth-order valence-electron chi connectivity index (χ4n) is 3.55. The minimum atomic E-state index is 0.219. The summed E-state index contributed by atoms with van der Waals surface area (Å²) in [5.74, 6) is 3.29. The second-order valence-corrected chi connectivity index (χ2v) is 6.45. The average molecular weight is 290 g/mol. The summed E-state index contributed by atoms with van der Waals surface area (Å²) in [6, 6.07) is 5.73. The van der Waals surface area contributed by atoms with Crippen LogP contribution in [0.15, 0.2) is 18.2 Å². The summed E-state index contributed by atoms with van der Waals surface area (Å²) in [5, 5.41) is 0. The molecule has 1 saturated carbocycles. The van der Waals surface area contributed by atoms with Crippen molar-refractivity contribution in [2.75, 3.05) is 14.2 Å². The molecular formula is C18H26O3. The zero-order valence-corrected chi connectivity index (χ0v) is 13.5. The number of ether oxygens (including phenoxy) is 2. The molecule has 0 aromatic heterocycles. The molecule has 1 fully saturated rings. The summed E-state index contributed by atoms with van der Waals surface area (Å²) in [5.41, 5.74) is 1.00. The predicted octanol–water partition coefficient (Wildman–Crippen LogP) is 3.89. The Balaban J connectivity index is 2.05. The van der Waals surface area contributed by atoms with Crippen LogP contribution in [0.4, 0.5) is 0 Å². The van der Waals surface area contributed by atoms with E-state index in [9.17, 15) is 4.79 Å². The van der Waals surface area contributed by atoms with Gasteiger partial charge in [-0.15, -0.1) is 0 Å². The van der Waals surface area contributed by atoms with E-state index in [0.29, 0.717) is 35.5 Å². The zero-order valence-electron chi connectivity index (χ0n) is 13.5. The number of carbonyl (C=O) groups excluding carboxylic acids is 1. The molecule has 0 bridgehead atoms. The third kappa shape index (κ3) is 3.99. The minimum Gasteiger partial charge on any atom is -0.493 e. The number of carbonyl (C=O) groups is 1. The van der Waals surface area contributed by atoms with Crippen molar-refractivity contribution < 1.29 is 14.3 Å². The Hall–Kier alpha value is -1.51. The van der Waals surface area contributed by atoms with E-state index in [2.05, 4.69) is 13.8 Å². The van der Waals surface area contributed by atoms with E-state index in [1.54, 1.807) is 14.2 Å². The highest BCUT2D eigenvalue weighted by molar-refractivity contribution is 5.83. The van der Waals surface area contributed by atoms with E-state index < -0.39 is 0 Å². The van der Waals surface area contributed by atoms with Gasteiger partial charge < -0.3 is 9.47 Å². The fraction of sp³-hybridized carbons (Fsp3) is 0.611. The lowest BCUT2D eigenvalue weighted by molar-refractivity contribution is -0.124. The van der Waals surface area contributed by atoms with Gasteiger partial charge in [-0.2, -0.15) is 0 Å². The molecule has 1 aromatic rings. The molecule has 0 N–H and O–H groups in total. The van der Waals surface area contributed by atoms with Gasteiger partial charge in [-0.05, 0) is 48.8 Å². The first-order valence-electron chi connectivity index (χ1n) is 7.77. The van der Waals surface area contributed by atoms with Crippen LogP contribution in [-0.2, 0) is 11.2 Å². The van der Waals surface area contributed by atoms with Gasteiger partial charge in [-0.1, -0.05) is 19.9 Å². The van der Waals surface area contributed by atoms with Crippen LogP contribution in [0.5, 0.6) is 11.5 Å². The van der Waals surface area contributed by atoms with Crippen LogP contribution >= 0.6 is 0 Å². The van der Waals surface area contributed by atoms with E-state index in [1.807, 2.05) is 18.2 Å². The van der Waals surface area contributed by atoms with Crippen molar-refractivity contribution in [3.05, 3.63) is 23.8 Å². The van der Waals surface area contributed by atoms with Crippen molar-refractivity contribution in [1.29, 1.82) is 0 Å². The normalized spacial score (nSPS) is 25.4. The van der Waals surface area contributed by atoms with Crippen molar-refractivity contribution in [3.8, 4) is 11.5 Å². The first-order valence-corrected chi connectivity index (χ1v) is 7.77. The number of benzene rings is 1. The number of methoxy groups -OCH3 is 2. The summed E-state index contributed by atoms with van der Waals surface area (Å²) in [4.78, 5) is 12.5. The Morgan fingerprint density at radius 2 is 1.67 bits per heavy atom. The van der Waals surface area contributed by atoms with Gasteiger partial charge in [0, 0.05) is 12.3 Å². The molecule has 1 aliphatic carbocycles. The molecule has 0 heterocycles. The van der Waals surface area contributed by atoms with Crippen molar-refractivity contribution in [3.63, 3.8) is 0 Å². The summed E-state index contributed by atoms with van der Waals surface area (Å²) in [7, 11) is 3.24. The molecule has 0 spiro atoms. The highest BCUT2D eigenvalue weighted by atomic mass is 16.5. The number of rotatable bonds is 5. The Morgan fingerprint density at radius 1 is 1.05 bits per heavy atom. The molecule has 2 rings (SSSR count). The maximum atomic E-state index is 12.5. The SMILES string of the molecule is COc1ccc(CC(=O)C2CC(C)CC(C)C2)cc1OC. The van der Waals surface area contributed by atoms with Crippen molar-refractivity contribution >= 4 is 5.78 Å². The average Bonchev–Trinajstić information content (AvgIpc) is 2.46. The second-order valence-electron chi connectivity index (χ2n) is 6.45. The Kier molecular flexibility index (Phi) is 5.27. The molecule has 2 unspecified atom stereocenters. The molecule has 1 aromatic carbocycles. The van der Waals surface area contributed by atoms with Crippen LogP contribution in [0, 0.1) is 17.8 Å². The monoisotopic (exact) mass is 290 g/mol.